The highest BCUT2D eigenvalue weighted by molar-refractivity contribution is 5.96. The predicted molar refractivity (Wildman–Crippen MR) is 73.3 cm³/mol. The summed E-state index contributed by atoms with van der Waals surface area (Å²) in [5, 5.41) is 13.7. The number of hydrogen-bond donors (Lipinski definition) is 1. The van der Waals surface area contributed by atoms with Crippen LogP contribution in [0.25, 0.3) is 0 Å². The van der Waals surface area contributed by atoms with Crippen LogP contribution in [0.2, 0.25) is 0 Å². The summed E-state index contributed by atoms with van der Waals surface area (Å²) in [5.41, 5.74) is 0.816. The number of nitrogens with zero attached hydrogens (tertiary/aromatic N) is 1. The fourth-order valence-corrected chi connectivity index (χ4v) is 2.50. The maximum Gasteiger partial charge on any atom is 0.336 e. The molecule has 110 valence electrons. The van der Waals surface area contributed by atoms with Gasteiger partial charge in [-0.15, -0.1) is 0 Å². The Hall–Kier alpha value is -2.70. The van der Waals surface area contributed by atoms with Gasteiger partial charge in [-0.1, -0.05) is 18.2 Å². The van der Waals surface area contributed by atoms with Gasteiger partial charge in [-0.3, -0.25) is 14.9 Å². The van der Waals surface area contributed by atoms with Crippen molar-refractivity contribution in [3.63, 3.8) is 0 Å². The van der Waals surface area contributed by atoms with Gasteiger partial charge < -0.3 is 10.1 Å². The Morgan fingerprint density at radius 3 is 2.71 bits per heavy atom. The van der Waals surface area contributed by atoms with Gasteiger partial charge in [0.25, 0.3) is 5.69 Å². The molecule has 2 rings (SSSR count). The Kier molecular flexibility index (Phi) is 4.02. The van der Waals surface area contributed by atoms with Crippen LogP contribution in [0.15, 0.2) is 35.5 Å². The molecule has 0 bridgehead atoms. The normalized spacial score (nSPS) is 18.2. The number of ether oxygens (including phenoxy) is 1. The van der Waals surface area contributed by atoms with E-state index in [0.29, 0.717) is 11.3 Å². The smallest absolute Gasteiger partial charge is 0.336 e. The van der Waals surface area contributed by atoms with E-state index < -0.39 is 16.8 Å². The number of carbonyl (C=O) groups excluding carboxylic acids is 2. The number of allylic oxidation sites excluding steroid dienone is 1. The summed E-state index contributed by atoms with van der Waals surface area (Å²) in [6, 6.07) is 6.09. The first kappa shape index (κ1) is 14.7. The van der Waals surface area contributed by atoms with Gasteiger partial charge in [0, 0.05) is 29.7 Å². The van der Waals surface area contributed by atoms with Crippen molar-refractivity contribution in [3.05, 3.63) is 51.2 Å². The Bertz CT molecular complexity index is 651. The van der Waals surface area contributed by atoms with Crippen LogP contribution in [-0.4, -0.2) is 23.9 Å². The summed E-state index contributed by atoms with van der Waals surface area (Å²) in [4.78, 5) is 34.3. The molecular weight excluding hydrogens is 276 g/mol. The molecule has 1 heterocycles. The Labute approximate surface area is 120 Å². The van der Waals surface area contributed by atoms with E-state index in [4.69, 9.17) is 4.74 Å². The highest BCUT2D eigenvalue weighted by atomic mass is 16.6. The number of para-hydroxylation sites is 1. The molecule has 0 fully saturated rings. The standard InChI is InChI=1S/C14H14N2O5/c1-8-13(14(18)21-2)10(7-12(17)15-8)9-5-3-4-6-11(9)16(19)20/h3-6,10H,7H2,1-2H3,(H,15,17)/t10-/m1/s1. The van der Waals surface area contributed by atoms with E-state index in [1.165, 1.54) is 13.2 Å². The molecule has 1 aliphatic heterocycles. The summed E-state index contributed by atoms with van der Waals surface area (Å²) >= 11 is 0. The Morgan fingerprint density at radius 1 is 1.43 bits per heavy atom. The lowest BCUT2D eigenvalue weighted by molar-refractivity contribution is -0.385. The minimum Gasteiger partial charge on any atom is -0.466 e. The van der Waals surface area contributed by atoms with Gasteiger partial charge in [0.15, 0.2) is 0 Å². The number of hydrogen-bond acceptors (Lipinski definition) is 5. The van der Waals surface area contributed by atoms with Crippen molar-refractivity contribution < 1.29 is 19.2 Å². The molecule has 0 radical (unpaired) electrons. The van der Waals surface area contributed by atoms with Crippen molar-refractivity contribution >= 4 is 17.6 Å². The van der Waals surface area contributed by atoms with Gasteiger partial charge in [0.05, 0.1) is 17.6 Å². The molecule has 0 saturated carbocycles. The van der Waals surface area contributed by atoms with Gasteiger partial charge in [0.2, 0.25) is 5.91 Å². The lowest BCUT2D eigenvalue weighted by atomic mass is 9.83. The van der Waals surface area contributed by atoms with E-state index in [9.17, 15) is 19.7 Å². The average Bonchev–Trinajstić information content (AvgIpc) is 2.45. The highest BCUT2D eigenvalue weighted by Gasteiger charge is 2.35. The number of rotatable bonds is 3. The molecule has 1 aromatic carbocycles. The minimum atomic E-state index is -0.687. The van der Waals surface area contributed by atoms with Crippen LogP contribution >= 0.6 is 0 Å². The van der Waals surface area contributed by atoms with Crippen molar-refractivity contribution in [1.82, 2.24) is 5.32 Å². The second kappa shape index (κ2) is 5.74. The molecule has 1 N–H and O–H groups in total. The number of nitro groups is 1. The van der Waals surface area contributed by atoms with E-state index in [-0.39, 0.29) is 23.6 Å². The van der Waals surface area contributed by atoms with E-state index in [0.717, 1.165) is 0 Å². The molecule has 0 aliphatic carbocycles. The van der Waals surface area contributed by atoms with E-state index in [2.05, 4.69) is 5.32 Å². The van der Waals surface area contributed by atoms with Gasteiger partial charge in [-0.25, -0.2) is 4.79 Å². The largest absolute Gasteiger partial charge is 0.466 e. The first-order chi connectivity index (χ1) is 9.95. The average molecular weight is 290 g/mol. The topological polar surface area (TPSA) is 98.5 Å². The third-order valence-corrected chi connectivity index (χ3v) is 3.38. The fourth-order valence-electron chi connectivity index (χ4n) is 2.50. The van der Waals surface area contributed by atoms with Crippen LogP contribution in [0.5, 0.6) is 0 Å². The minimum absolute atomic E-state index is 0.0351. The van der Waals surface area contributed by atoms with Crippen LogP contribution < -0.4 is 5.32 Å². The van der Waals surface area contributed by atoms with Gasteiger partial charge in [-0.2, -0.15) is 0 Å². The molecule has 0 spiro atoms. The van der Waals surface area contributed by atoms with Crippen LogP contribution in [-0.2, 0) is 14.3 Å². The number of esters is 1. The molecule has 1 aliphatic rings. The van der Waals surface area contributed by atoms with E-state index in [1.807, 2.05) is 0 Å². The number of carbonyl (C=O) groups is 2. The summed E-state index contributed by atoms with van der Waals surface area (Å²) in [7, 11) is 1.23. The van der Waals surface area contributed by atoms with Crippen LogP contribution in [0, 0.1) is 10.1 Å². The van der Waals surface area contributed by atoms with Crippen molar-refractivity contribution in [2.24, 2.45) is 0 Å². The van der Waals surface area contributed by atoms with Crippen molar-refractivity contribution in [1.29, 1.82) is 0 Å². The zero-order chi connectivity index (χ0) is 15.6. The number of benzene rings is 1. The third kappa shape index (κ3) is 2.76. The molecule has 1 aromatic rings. The molecule has 7 heteroatoms. The molecule has 0 unspecified atom stereocenters. The number of nitro benzene ring substituents is 1. The second-order valence-corrected chi connectivity index (χ2v) is 4.65. The molecule has 1 atom stereocenters. The predicted octanol–water partition coefficient (Wildman–Crippen LogP) is 1.65. The van der Waals surface area contributed by atoms with Crippen LogP contribution in [0.1, 0.15) is 24.8 Å². The maximum absolute atomic E-state index is 11.9. The molecule has 0 aromatic heterocycles. The van der Waals surface area contributed by atoms with Crippen molar-refractivity contribution in [2.45, 2.75) is 19.3 Å². The SMILES string of the molecule is COC(=O)C1=C(C)NC(=O)C[C@@H]1c1ccccc1[N+](=O)[O-]. The zero-order valence-electron chi connectivity index (χ0n) is 11.6. The number of methoxy groups -OCH3 is 1. The number of nitrogens with one attached hydrogen (secondary N) is 1. The van der Waals surface area contributed by atoms with E-state index >= 15 is 0 Å². The molecular formula is C14H14N2O5. The Morgan fingerprint density at radius 2 is 2.10 bits per heavy atom. The van der Waals surface area contributed by atoms with Crippen LogP contribution in [0.4, 0.5) is 5.69 Å². The third-order valence-electron chi connectivity index (χ3n) is 3.38. The summed E-state index contributed by atoms with van der Waals surface area (Å²) in [6.45, 7) is 1.57. The van der Waals surface area contributed by atoms with Crippen LogP contribution in [0.3, 0.4) is 0 Å². The van der Waals surface area contributed by atoms with Gasteiger partial charge in [0.1, 0.15) is 0 Å². The van der Waals surface area contributed by atoms with Crippen molar-refractivity contribution in [2.75, 3.05) is 7.11 Å². The summed E-state index contributed by atoms with van der Waals surface area (Å²) in [5.74, 6) is -1.58. The monoisotopic (exact) mass is 290 g/mol. The molecule has 1 amide bonds. The quantitative estimate of drug-likeness (QED) is 0.518. The highest BCUT2D eigenvalue weighted by Crippen LogP contribution is 2.37. The van der Waals surface area contributed by atoms with Gasteiger partial charge >= 0.3 is 5.97 Å². The first-order valence-electron chi connectivity index (χ1n) is 6.28. The van der Waals surface area contributed by atoms with E-state index in [1.54, 1.807) is 25.1 Å². The fraction of sp³-hybridized carbons (Fsp3) is 0.286. The number of amides is 1. The second-order valence-electron chi connectivity index (χ2n) is 4.65. The first-order valence-corrected chi connectivity index (χ1v) is 6.28. The summed E-state index contributed by atoms with van der Waals surface area (Å²) < 4.78 is 4.73. The summed E-state index contributed by atoms with van der Waals surface area (Å²) in [6.07, 6.45) is -0.0351. The zero-order valence-corrected chi connectivity index (χ0v) is 11.6. The molecule has 21 heavy (non-hydrogen) atoms. The lowest BCUT2D eigenvalue weighted by Crippen LogP contribution is -2.34. The lowest BCUT2D eigenvalue weighted by Gasteiger charge is -2.25. The van der Waals surface area contributed by atoms with Gasteiger partial charge in [-0.05, 0) is 6.92 Å². The van der Waals surface area contributed by atoms with Crippen molar-refractivity contribution in [3.8, 4) is 0 Å². The Balaban J connectivity index is 2.60. The maximum atomic E-state index is 11.9. The molecule has 0 saturated heterocycles. The molecule has 7 nitrogen and oxygen atoms in total.